The summed E-state index contributed by atoms with van der Waals surface area (Å²) < 4.78 is 0.780. The van der Waals surface area contributed by atoms with Crippen LogP contribution < -0.4 is 10.6 Å². The second-order valence-corrected chi connectivity index (χ2v) is 12.3. The van der Waals surface area contributed by atoms with E-state index in [1.54, 1.807) is 23.9 Å². The molecule has 2 aromatic rings. The number of carbonyl (C=O) groups is 2. The minimum Gasteiger partial charge on any atom is -0.356 e. The summed E-state index contributed by atoms with van der Waals surface area (Å²) in [6.07, 6.45) is 8.13. The van der Waals surface area contributed by atoms with Crippen molar-refractivity contribution in [1.29, 1.82) is 5.26 Å². The molecule has 2 N–H and O–H groups in total. The molecule has 0 radical (unpaired) electrons. The summed E-state index contributed by atoms with van der Waals surface area (Å²) in [5, 5.41) is 23.5. The van der Waals surface area contributed by atoms with Gasteiger partial charge in [-0.2, -0.15) is 5.26 Å². The third kappa shape index (κ3) is 5.28. The van der Waals surface area contributed by atoms with Crippen LogP contribution in [-0.2, 0) is 15.3 Å². The number of amides is 2. The van der Waals surface area contributed by atoms with Gasteiger partial charge in [-0.05, 0) is 80.4 Å². The van der Waals surface area contributed by atoms with E-state index in [9.17, 15) is 9.59 Å². The average molecular weight is 496 g/mol. The number of benzene rings is 1. The van der Waals surface area contributed by atoms with E-state index in [0.717, 1.165) is 52.7 Å². The Bertz CT molecular complexity index is 1060. The number of carbonyl (C=O) groups excluding carboxylic acids is 2. The molecule has 0 saturated heterocycles. The Balaban J connectivity index is 1.01. The molecule has 4 bridgehead atoms. The van der Waals surface area contributed by atoms with Crippen molar-refractivity contribution in [2.45, 2.75) is 61.5 Å². The van der Waals surface area contributed by atoms with Gasteiger partial charge in [0, 0.05) is 24.1 Å². The van der Waals surface area contributed by atoms with Crippen molar-refractivity contribution in [3.05, 3.63) is 35.4 Å². The zero-order chi connectivity index (χ0) is 23.5. The topological polar surface area (TPSA) is 108 Å². The Morgan fingerprint density at radius 3 is 2.41 bits per heavy atom. The van der Waals surface area contributed by atoms with Gasteiger partial charge >= 0.3 is 0 Å². The van der Waals surface area contributed by atoms with E-state index in [0.29, 0.717) is 30.1 Å². The predicted molar refractivity (Wildman–Crippen MR) is 132 cm³/mol. The van der Waals surface area contributed by atoms with Gasteiger partial charge in [0.15, 0.2) is 4.34 Å². The summed E-state index contributed by atoms with van der Waals surface area (Å²) in [4.78, 5) is 25.3. The molecule has 9 heteroatoms. The average Bonchev–Trinajstić information content (AvgIpc) is 3.27. The van der Waals surface area contributed by atoms with Crippen LogP contribution in [0.25, 0.3) is 0 Å². The first-order chi connectivity index (χ1) is 16.5. The second-order valence-electron chi connectivity index (χ2n) is 10.1. The van der Waals surface area contributed by atoms with Crippen LogP contribution in [0, 0.1) is 34.5 Å². The minimum atomic E-state index is -0.130. The first-order valence-corrected chi connectivity index (χ1v) is 13.8. The molecule has 2 amide bonds. The fourth-order valence-corrected chi connectivity index (χ4v) is 8.07. The van der Waals surface area contributed by atoms with E-state index >= 15 is 0 Å². The predicted octanol–water partition coefficient (Wildman–Crippen LogP) is 4.75. The van der Waals surface area contributed by atoms with Gasteiger partial charge in [-0.3, -0.25) is 9.59 Å². The summed E-state index contributed by atoms with van der Waals surface area (Å²) in [6, 6.07) is 9.56. The van der Waals surface area contributed by atoms with Gasteiger partial charge in [-0.15, -0.1) is 10.2 Å². The first kappa shape index (κ1) is 23.3. The minimum absolute atomic E-state index is 0.108. The van der Waals surface area contributed by atoms with Crippen LogP contribution in [0.3, 0.4) is 0 Å². The highest BCUT2D eigenvalue weighted by molar-refractivity contribution is 8.00. The maximum atomic E-state index is 13.0. The van der Waals surface area contributed by atoms with Crippen LogP contribution in [0.5, 0.6) is 0 Å². The van der Waals surface area contributed by atoms with Gasteiger partial charge in [0.05, 0.1) is 11.6 Å². The fourth-order valence-electron chi connectivity index (χ4n) is 6.35. The highest BCUT2D eigenvalue weighted by Crippen LogP contribution is 2.60. The van der Waals surface area contributed by atoms with Crippen molar-refractivity contribution in [1.82, 2.24) is 15.5 Å². The molecule has 4 fully saturated rings. The molecule has 4 aliphatic rings. The Kier molecular flexibility index (Phi) is 6.89. The molecule has 178 valence electrons. The third-order valence-electron chi connectivity index (χ3n) is 7.48. The van der Waals surface area contributed by atoms with Crippen LogP contribution in [0.15, 0.2) is 28.6 Å². The summed E-state index contributed by atoms with van der Waals surface area (Å²) in [6.45, 7) is 0.538. The number of hydrogen-bond acceptors (Lipinski definition) is 7. The molecule has 0 aliphatic heterocycles. The molecule has 0 atom stereocenters. The quantitative estimate of drug-likeness (QED) is 0.295. The summed E-state index contributed by atoms with van der Waals surface area (Å²) in [5.41, 5.74) is 1.61. The lowest BCUT2D eigenvalue weighted by atomic mass is 9.49. The number of hydrogen-bond donors (Lipinski definition) is 2. The van der Waals surface area contributed by atoms with Crippen LogP contribution in [0.4, 0.5) is 5.13 Å². The molecule has 7 nitrogen and oxygen atoms in total. The van der Waals surface area contributed by atoms with Crippen molar-refractivity contribution in [3.8, 4) is 6.07 Å². The number of thioether (sulfide) groups is 1. The van der Waals surface area contributed by atoms with Gasteiger partial charge in [-0.25, -0.2) is 0 Å². The maximum absolute atomic E-state index is 13.0. The van der Waals surface area contributed by atoms with Gasteiger partial charge in [-0.1, -0.05) is 35.2 Å². The Morgan fingerprint density at radius 1 is 1.09 bits per heavy atom. The number of nitrogens with one attached hydrogen (secondary N) is 2. The Morgan fingerprint density at radius 2 is 1.76 bits per heavy atom. The highest BCUT2D eigenvalue weighted by Gasteiger charge is 2.54. The molecule has 4 aliphatic carbocycles. The number of nitrogens with zero attached hydrogens (tertiary/aromatic N) is 3. The molecular formula is C25H29N5O2S2. The van der Waals surface area contributed by atoms with Crippen molar-refractivity contribution in [3.63, 3.8) is 0 Å². The number of rotatable bonds is 9. The number of nitriles is 1. The van der Waals surface area contributed by atoms with E-state index in [4.69, 9.17) is 5.26 Å². The second kappa shape index (κ2) is 10.0. The fraction of sp³-hybridized carbons (Fsp3) is 0.560. The van der Waals surface area contributed by atoms with E-state index in [1.165, 1.54) is 30.6 Å². The smallest absolute Gasteiger partial charge is 0.226 e. The first-order valence-electron chi connectivity index (χ1n) is 12.0. The molecule has 0 spiro atoms. The van der Waals surface area contributed by atoms with Gasteiger partial charge in [0.1, 0.15) is 0 Å². The monoisotopic (exact) mass is 495 g/mol. The molecule has 1 aromatic heterocycles. The van der Waals surface area contributed by atoms with Crippen LogP contribution >= 0.6 is 23.1 Å². The summed E-state index contributed by atoms with van der Waals surface area (Å²) in [5.74, 6) is 3.09. The Labute approximate surface area is 208 Å². The van der Waals surface area contributed by atoms with Crippen molar-refractivity contribution in [2.75, 3.05) is 11.9 Å². The lowest BCUT2D eigenvalue weighted by molar-refractivity contribution is -0.146. The Hall–Kier alpha value is -2.44. The van der Waals surface area contributed by atoms with Crippen molar-refractivity contribution >= 4 is 40.0 Å². The number of anilines is 1. The van der Waals surface area contributed by atoms with Crippen LogP contribution in [0.2, 0.25) is 0 Å². The van der Waals surface area contributed by atoms with Crippen molar-refractivity contribution in [2.24, 2.45) is 23.2 Å². The molecular weight excluding hydrogens is 466 g/mol. The molecule has 0 unspecified atom stereocenters. The standard InChI is InChI=1S/C25H29N5O2S2/c26-14-16-3-5-17(6-4-16)15-33-24-30-29-23(34-24)28-21(31)2-1-7-27-22(32)25-11-18-8-19(12-25)10-20(9-18)13-25/h3-6,18-20H,1-2,7-13,15H2,(H,27,32)(H,28,29,31). The largest absolute Gasteiger partial charge is 0.356 e. The summed E-state index contributed by atoms with van der Waals surface area (Å²) >= 11 is 2.90. The van der Waals surface area contributed by atoms with Gasteiger partial charge in [0.2, 0.25) is 16.9 Å². The van der Waals surface area contributed by atoms with E-state index in [2.05, 4.69) is 26.9 Å². The van der Waals surface area contributed by atoms with Gasteiger partial charge in [0.25, 0.3) is 0 Å². The van der Waals surface area contributed by atoms with Crippen LogP contribution in [-0.4, -0.2) is 28.6 Å². The van der Waals surface area contributed by atoms with Crippen LogP contribution in [0.1, 0.15) is 62.5 Å². The van der Waals surface area contributed by atoms with E-state index in [-0.39, 0.29) is 17.2 Å². The molecule has 6 rings (SSSR count). The van der Waals surface area contributed by atoms with E-state index < -0.39 is 0 Å². The molecule has 4 saturated carbocycles. The molecule has 1 heterocycles. The third-order valence-corrected chi connectivity index (χ3v) is 9.53. The lowest BCUT2D eigenvalue weighted by Gasteiger charge is -2.55. The zero-order valence-electron chi connectivity index (χ0n) is 19.1. The lowest BCUT2D eigenvalue weighted by Crippen LogP contribution is -2.53. The van der Waals surface area contributed by atoms with Crippen molar-refractivity contribution < 1.29 is 9.59 Å². The molecule has 34 heavy (non-hydrogen) atoms. The SMILES string of the molecule is N#Cc1ccc(CSc2nnc(NC(=O)CCCNC(=O)C34CC5CC(CC(C5)C3)C4)s2)cc1. The van der Waals surface area contributed by atoms with E-state index in [1.807, 2.05) is 12.1 Å². The highest BCUT2D eigenvalue weighted by atomic mass is 32.2. The normalized spacial score (nSPS) is 26.7. The van der Waals surface area contributed by atoms with Gasteiger partial charge < -0.3 is 10.6 Å². The summed E-state index contributed by atoms with van der Waals surface area (Å²) in [7, 11) is 0. The zero-order valence-corrected chi connectivity index (χ0v) is 20.7. The number of aromatic nitrogens is 2. The maximum Gasteiger partial charge on any atom is 0.226 e. The molecule has 1 aromatic carbocycles.